The van der Waals surface area contributed by atoms with E-state index >= 15 is 0 Å². The Morgan fingerprint density at radius 1 is 1.19 bits per heavy atom. The second-order valence-corrected chi connectivity index (χ2v) is 6.74. The summed E-state index contributed by atoms with van der Waals surface area (Å²) < 4.78 is 0. The molecule has 3 rings (SSSR count). The van der Waals surface area contributed by atoms with Crippen LogP contribution in [-0.4, -0.2) is 24.0 Å². The van der Waals surface area contributed by atoms with Gasteiger partial charge in [-0.2, -0.15) is 0 Å². The Balaban J connectivity index is 1.77. The zero-order valence-corrected chi connectivity index (χ0v) is 13.1. The molecule has 2 aliphatic carbocycles. The number of aromatic nitrogens is 1. The summed E-state index contributed by atoms with van der Waals surface area (Å²) in [6, 6.07) is 4.17. The third-order valence-electron chi connectivity index (χ3n) is 4.51. The average molecular weight is 287 g/mol. The number of carbonyl (C=O) groups excluding carboxylic acids is 1. The first-order valence-electron chi connectivity index (χ1n) is 8.09. The van der Waals surface area contributed by atoms with Gasteiger partial charge in [-0.05, 0) is 55.6 Å². The highest BCUT2D eigenvalue weighted by Gasteiger charge is 2.42. The number of rotatable bonds is 6. The Kier molecular flexibility index (Phi) is 3.87. The summed E-state index contributed by atoms with van der Waals surface area (Å²) in [5.74, 6) is 2.57. The molecule has 2 saturated carbocycles. The normalized spacial score (nSPS) is 18.1. The molecule has 114 valence electrons. The van der Waals surface area contributed by atoms with Crippen LogP contribution in [0.1, 0.15) is 61.5 Å². The van der Waals surface area contributed by atoms with Gasteiger partial charge in [0.2, 0.25) is 0 Å². The molecule has 0 unspecified atom stereocenters. The molecule has 2 N–H and O–H groups in total. The van der Waals surface area contributed by atoms with Gasteiger partial charge in [0.05, 0.1) is 0 Å². The summed E-state index contributed by atoms with van der Waals surface area (Å²) in [6.07, 6.45) is 5.10. The standard InChI is InChI=1S/C17H25N3O/c1-10(2)14-8-13(9-15(18-3)19-14)17(21)20-16(11-4-5-11)12-6-7-12/h8-12,16H,4-7H2,1-3H3,(H,18,19)(H,20,21). The number of nitrogens with one attached hydrogen (secondary N) is 2. The smallest absolute Gasteiger partial charge is 0.251 e. The van der Waals surface area contributed by atoms with Crippen LogP contribution in [0.15, 0.2) is 12.1 Å². The summed E-state index contributed by atoms with van der Waals surface area (Å²) in [5, 5.41) is 6.33. The fourth-order valence-electron chi connectivity index (χ4n) is 2.87. The van der Waals surface area contributed by atoms with Crippen LogP contribution in [0.3, 0.4) is 0 Å². The molecular formula is C17H25N3O. The lowest BCUT2D eigenvalue weighted by molar-refractivity contribution is 0.0926. The van der Waals surface area contributed by atoms with Crippen LogP contribution in [-0.2, 0) is 0 Å². The second kappa shape index (κ2) is 5.66. The molecular weight excluding hydrogens is 262 g/mol. The van der Waals surface area contributed by atoms with Crippen molar-refractivity contribution in [1.82, 2.24) is 10.3 Å². The topological polar surface area (TPSA) is 54.0 Å². The van der Waals surface area contributed by atoms with E-state index in [1.807, 2.05) is 19.2 Å². The first kappa shape index (κ1) is 14.4. The van der Waals surface area contributed by atoms with Gasteiger partial charge in [-0.1, -0.05) is 13.8 Å². The molecule has 1 amide bonds. The molecule has 0 aromatic carbocycles. The van der Waals surface area contributed by atoms with Crippen molar-refractivity contribution in [3.05, 3.63) is 23.4 Å². The molecule has 1 heterocycles. The van der Waals surface area contributed by atoms with E-state index in [4.69, 9.17) is 0 Å². The number of anilines is 1. The van der Waals surface area contributed by atoms with Gasteiger partial charge in [-0.15, -0.1) is 0 Å². The lowest BCUT2D eigenvalue weighted by atomic mass is 10.0. The molecule has 4 heteroatoms. The van der Waals surface area contributed by atoms with E-state index in [0.717, 1.165) is 28.9 Å². The van der Waals surface area contributed by atoms with Crippen molar-refractivity contribution in [2.45, 2.75) is 51.5 Å². The number of hydrogen-bond acceptors (Lipinski definition) is 3. The zero-order chi connectivity index (χ0) is 15.0. The Bertz CT molecular complexity index is 521. The molecule has 0 atom stereocenters. The van der Waals surface area contributed by atoms with Crippen molar-refractivity contribution in [3.8, 4) is 0 Å². The van der Waals surface area contributed by atoms with Crippen LogP contribution in [0.2, 0.25) is 0 Å². The van der Waals surface area contributed by atoms with Crippen LogP contribution < -0.4 is 10.6 Å². The largest absolute Gasteiger partial charge is 0.373 e. The minimum absolute atomic E-state index is 0.0552. The summed E-state index contributed by atoms with van der Waals surface area (Å²) in [5.41, 5.74) is 1.69. The first-order valence-corrected chi connectivity index (χ1v) is 8.09. The third kappa shape index (κ3) is 3.36. The molecule has 2 aliphatic rings. The van der Waals surface area contributed by atoms with Crippen molar-refractivity contribution in [1.29, 1.82) is 0 Å². The Morgan fingerprint density at radius 3 is 2.29 bits per heavy atom. The highest BCUT2D eigenvalue weighted by atomic mass is 16.1. The van der Waals surface area contributed by atoms with Crippen molar-refractivity contribution >= 4 is 11.7 Å². The quantitative estimate of drug-likeness (QED) is 0.845. The molecule has 0 spiro atoms. The Morgan fingerprint density at radius 2 is 1.81 bits per heavy atom. The van der Waals surface area contributed by atoms with E-state index < -0.39 is 0 Å². The maximum atomic E-state index is 12.6. The van der Waals surface area contributed by atoms with Crippen LogP contribution in [0, 0.1) is 11.8 Å². The minimum Gasteiger partial charge on any atom is -0.373 e. The third-order valence-corrected chi connectivity index (χ3v) is 4.51. The second-order valence-electron chi connectivity index (χ2n) is 6.74. The molecule has 21 heavy (non-hydrogen) atoms. The summed E-state index contributed by atoms with van der Waals surface area (Å²) in [7, 11) is 1.84. The number of pyridine rings is 1. The number of amides is 1. The molecule has 0 bridgehead atoms. The summed E-state index contributed by atoms with van der Waals surface area (Å²) in [6.45, 7) is 4.20. The van der Waals surface area contributed by atoms with Crippen LogP contribution >= 0.6 is 0 Å². The minimum atomic E-state index is 0.0552. The lowest BCUT2D eigenvalue weighted by Gasteiger charge is -2.18. The maximum Gasteiger partial charge on any atom is 0.251 e. The molecule has 0 saturated heterocycles. The Hall–Kier alpha value is -1.58. The van der Waals surface area contributed by atoms with Gasteiger partial charge in [-0.25, -0.2) is 4.98 Å². The van der Waals surface area contributed by atoms with Gasteiger partial charge in [0.1, 0.15) is 5.82 Å². The lowest BCUT2D eigenvalue weighted by Crippen LogP contribution is -2.38. The molecule has 2 fully saturated rings. The highest BCUT2D eigenvalue weighted by molar-refractivity contribution is 5.95. The Labute approximate surface area is 126 Å². The van der Waals surface area contributed by atoms with E-state index in [1.54, 1.807) is 0 Å². The van der Waals surface area contributed by atoms with Gasteiger partial charge in [0, 0.05) is 24.3 Å². The first-order chi connectivity index (χ1) is 10.1. The summed E-state index contributed by atoms with van der Waals surface area (Å²) in [4.78, 5) is 17.1. The number of carbonyl (C=O) groups is 1. The molecule has 0 radical (unpaired) electrons. The van der Waals surface area contributed by atoms with Crippen LogP contribution in [0.25, 0.3) is 0 Å². The number of hydrogen-bond donors (Lipinski definition) is 2. The zero-order valence-electron chi connectivity index (χ0n) is 13.1. The fourth-order valence-corrected chi connectivity index (χ4v) is 2.87. The summed E-state index contributed by atoms with van der Waals surface area (Å²) >= 11 is 0. The highest BCUT2D eigenvalue weighted by Crippen LogP contribution is 2.44. The van der Waals surface area contributed by atoms with E-state index in [-0.39, 0.29) is 5.91 Å². The van der Waals surface area contributed by atoms with Crippen molar-refractivity contribution in [2.24, 2.45) is 11.8 Å². The van der Waals surface area contributed by atoms with E-state index in [9.17, 15) is 4.79 Å². The number of nitrogens with zero attached hydrogens (tertiary/aromatic N) is 1. The monoisotopic (exact) mass is 287 g/mol. The van der Waals surface area contributed by atoms with Gasteiger partial charge in [0.15, 0.2) is 0 Å². The fraction of sp³-hybridized carbons (Fsp3) is 0.647. The van der Waals surface area contributed by atoms with Gasteiger partial charge in [-0.3, -0.25) is 4.79 Å². The average Bonchev–Trinajstić information content (AvgIpc) is 3.37. The van der Waals surface area contributed by atoms with E-state index in [2.05, 4.69) is 29.5 Å². The van der Waals surface area contributed by atoms with Crippen molar-refractivity contribution in [2.75, 3.05) is 12.4 Å². The van der Waals surface area contributed by atoms with Gasteiger partial charge in [0.25, 0.3) is 5.91 Å². The predicted octanol–water partition coefficient (Wildman–Crippen LogP) is 3.17. The molecule has 1 aromatic heterocycles. The molecule has 1 aromatic rings. The van der Waals surface area contributed by atoms with E-state index in [1.165, 1.54) is 25.7 Å². The predicted molar refractivity (Wildman–Crippen MR) is 84.6 cm³/mol. The van der Waals surface area contributed by atoms with Crippen LogP contribution in [0.5, 0.6) is 0 Å². The van der Waals surface area contributed by atoms with Crippen molar-refractivity contribution in [3.63, 3.8) is 0 Å². The van der Waals surface area contributed by atoms with Gasteiger partial charge >= 0.3 is 0 Å². The van der Waals surface area contributed by atoms with Crippen LogP contribution in [0.4, 0.5) is 5.82 Å². The SMILES string of the molecule is CNc1cc(C(=O)NC(C2CC2)C2CC2)cc(C(C)C)n1. The molecule has 0 aliphatic heterocycles. The van der Waals surface area contributed by atoms with Crippen molar-refractivity contribution < 1.29 is 4.79 Å². The van der Waals surface area contributed by atoms with E-state index in [0.29, 0.717) is 12.0 Å². The van der Waals surface area contributed by atoms with Gasteiger partial charge < -0.3 is 10.6 Å². The maximum absolute atomic E-state index is 12.6. The molecule has 4 nitrogen and oxygen atoms in total.